The second-order valence-electron chi connectivity index (χ2n) is 2.72. The van der Waals surface area contributed by atoms with Crippen LogP contribution < -0.4 is 5.32 Å². The summed E-state index contributed by atoms with van der Waals surface area (Å²) in [5, 5.41) is 12.2. The van der Waals surface area contributed by atoms with Crippen molar-refractivity contribution in [3.63, 3.8) is 0 Å². The third-order valence-corrected chi connectivity index (χ3v) is 1.66. The van der Waals surface area contributed by atoms with E-state index in [-0.39, 0.29) is 11.3 Å². The molecule has 0 fully saturated rings. The molecule has 0 aliphatic carbocycles. The standard InChI is InChI=1S/C11H11NO2/c1-12-6-2-3-9-4-5-10(8-13)11(14)7-9/h4-5,7-8,12,14H,6H2,1H3. The van der Waals surface area contributed by atoms with Gasteiger partial charge in [0.2, 0.25) is 0 Å². The topological polar surface area (TPSA) is 49.3 Å². The highest BCUT2D eigenvalue weighted by Crippen LogP contribution is 2.15. The van der Waals surface area contributed by atoms with E-state index < -0.39 is 0 Å². The zero-order valence-corrected chi connectivity index (χ0v) is 7.87. The summed E-state index contributed by atoms with van der Waals surface area (Å²) in [6.45, 7) is 0.593. The fourth-order valence-electron chi connectivity index (χ4n) is 0.956. The molecule has 1 aromatic rings. The highest BCUT2D eigenvalue weighted by Gasteiger charge is 1.98. The van der Waals surface area contributed by atoms with Gasteiger partial charge in [-0.3, -0.25) is 4.79 Å². The van der Waals surface area contributed by atoms with Crippen LogP contribution in [0.25, 0.3) is 0 Å². The minimum atomic E-state index is -0.0312. The number of hydrogen-bond acceptors (Lipinski definition) is 3. The van der Waals surface area contributed by atoms with Crippen molar-refractivity contribution in [2.75, 3.05) is 13.6 Å². The van der Waals surface area contributed by atoms with Crippen LogP contribution in [0.3, 0.4) is 0 Å². The maximum atomic E-state index is 10.4. The number of carbonyl (C=O) groups excluding carboxylic acids is 1. The molecule has 0 amide bonds. The molecule has 2 N–H and O–H groups in total. The van der Waals surface area contributed by atoms with E-state index in [0.717, 1.165) is 0 Å². The van der Waals surface area contributed by atoms with E-state index in [1.807, 2.05) is 7.05 Å². The Morgan fingerprint density at radius 3 is 2.93 bits per heavy atom. The van der Waals surface area contributed by atoms with Crippen molar-refractivity contribution in [3.05, 3.63) is 29.3 Å². The van der Waals surface area contributed by atoms with Crippen molar-refractivity contribution < 1.29 is 9.90 Å². The van der Waals surface area contributed by atoms with E-state index in [2.05, 4.69) is 17.2 Å². The molecule has 0 aromatic heterocycles. The minimum absolute atomic E-state index is 0.0312. The Hall–Kier alpha value is -1.79. The van der Waals surface area contributed by atoms with Crippen LogP contribution in [0.1, 0.15) is 15.9 Å². The largest absolute Gasteiger partial charge is 0.507 e. The average molecular weight is 189 g/mol. The van der Waals surface area contributed by atoms with Crippen LogP contribution in [-0.2, 0) is 0 Å². The van der Waals surface area contributed by atoms with Gasteiger partial charge in [0.05, 0.1) is 12.1 Å². The Bertz CT molecular complexity index is 388. The van der Waals surface area contributed by atoms with Crippen LogP contribution in [0.5, 0.6) is 5.75 Å². The van der Waals surface area contributed by atoms with Crippen molar-refractivity contribution in [3.8, 4) is 17.6 Å². The summed E-state index contributed by atoms with van der Waals surface area (Å²) in [6.07, 6.45) is 0.611. The molecule has 72 valence electrons. The average Bonchev–Trinajstić information content (AvgIpc) is 2.18. The lowest BCUT2D eigenvalue weighted by Crippen LogP contribution is -2.04. The molecule has 14 heavy (non-hydrogen) atoms. The van der Waals surface area contributed by atoms with Gasteiger partial charge in [0, 0.05) is 5.56 Å². The molecule has 0 heterocycles. The monoisotopic (exact) mass is 189 g/mol. The Morgan fingerprint density at radius 2 is 2.36 bits per heavy atom. The smallest absolute Gasteiger partial charge is 0.153 e. The highest BCUT2D eigenvalue weighted by atomic mass is 16.3. The maximum Gasteiger partial charge on any atom is 0.153 e. The second kappa shape index (κ2) is 5.05. The van der Waals surface area contributed by atoms with Crippen LogP contribution in [0.4, 0.5) is 0 Å². The van der Waals surface area contributed by atoms with Gasteiger partial charge in [0.25, 0.3) is 0 Å². The molecule has 1 aromatic carbocycles. The molecule has 0 saturated carbocycles. The predicted molar refractivity (Wildman–Crippen MR) is 54.3 cm³/mol. The zero-order valence-electron chi connectivity index (χ0n) is 7.87. The van der Waals surface area contributed by atoms with Crippen molar-refractivity contribution in [2.24, 2.45) is 0 Å². The zero-order chi connectivity index (χ0) is 10.4. The van der Waals surface area contributed by atoms with Gasteiger partial charge in [-0.25, -0.2) is 0 Å². The van der Waals surface area contributed by atoms with E-state index in [1.165, 1.54) is 6.07 Å². The van der Waals surface area contributed by atoms with Gasteiger partial charge in [-0.15, -0.1) is 0 Å². The highest BCUT2D eigenvalue weighted by molar-refractivity contribution is 5.79. The first-order valence-corrected chi connectivity index (χ1v) is 4.19. The summed E-state index contributed by atoms with van der Waals surface area (Å²) < 4.78 is 0. The van der Waals surface area contributed by atoms with Gasteiger partial charge < -0.3 is 10.4 Å². The molecule has 3 nitrogen and oxygen atoms in total. The lowest BCUT2D eigenvalue weighted by atomic mass is 10.1. The van der Waals surface area contributed by atoms with Gasteiger partial charge >= 0.3 is 0 Å². The Morgan fingerprint density at radius 1 is 1.57 bits per heavy atom. The number of carbonyl (C=O) groups is 1. The van der Waals surface area contributed by atoms with Crippen LogP contribution >= 0.6 is 0 Å². The van der Waals surface area contributed by atoms with E-state index in [9.17, 15) is 9.90 Å². The Kier molecular flexibility index (Phi) is 3.71. The molecule has 1 rings (SSSR count). The molecule has 0 radical (unpaired) electrons. The van der Waals surface area contributed by atoms with E-state index in [4.69, 9.17) is 0 Å². The first kappa shape index (κ1) is 10.3. The van der Waals surface area contributed by atoms with E-state index in [0.29, 0.717) is 18.4 Å². The Balaban J connectivity index is 2.88. The first-order chi connectivity index (χ1) is 6.77. The minimum Gasteiger partial charge on any atom is -0.507 e. The fraction of sp³-hybridized carbons (Fsp3) is 0.182. The maximum absolute atomic E-state index is 10.4. The van der Waals surface area contributed by atoms with Gasteiger partial charge in [-0.05, 0) is 25.2 Å². The molecule has 3 heteroatoms. The van der Waals surface area contributed by atoms with Gasteiger partial charge in [0.1, 0.15) is 5.75 Å². The van der Waals surface area contributed by atoms with Gasteiger partial charge in [0.15, 0.2) is 6.29 Å². The molecule has 0 bridgehead atoms. The molecule has 0 unspecified atom stereocenters. The number of aromatic hydroxyl groups is 1. The van der Waals surface area contributed by atoms with Crippen molar-refractivity contribution in [1.82, 2.24) is 5.32 Å². The van der Waals surface area contributed by atoms with E-state index in [1.54, 1.807) is 12.1 Å². The van der Waals surface area contributed by atoms with Crippen LogP contribution in [0.15, 0.2) is 18.2 Å². The summed E-state index contributed by atoms with van der Waals surface area (Å²) in [7, 11) is 1.81. The number of rotatable bonds is 2. The number of phenolic OH excluding ortho intramolecular Hbond substituents is 1. The quantitative estimate of drug-likeness (QED) is 0.534. The fourth-order valence-corrected chi connectivity index (χ4v) is 0.956. The summed E-state index contributed by atoms with van der Waals surface area (Å²) in [5.41, 5.74) is 0.979. The lowest BCUT2D eigenvalue weighted by Gasteiger charge is -1.96. The molecular formula is C11H11NO2. The summed E-state index contributed by atoms with van der Waals surface area (Å²) in [4.78, 5) is 10.4. The van der Waals surface area contributed by atoms with Crippen LogP contribution in [0, 0.1) is 11.8 Å². The van der Waals surface area contributed by atoms with Crippen LogP contribution in [-0.4, -0.2) is 25.0 Å². The third kappa shape index (κ3) is 2.61. The van der Waals surface area contributed by atoms with Crippen molar-refractivity contribution in [2.45, 2.75) is 0 Å². The van der Waals surface area contributed by atoms with Gasteiger partial charge in [-0.2, -0.15) is 0 Å². The number of aldehydes is 1. The van der Waals surface area contributed by atoms with Gasteiger partial charge in [-0.1, -0.05) is 11.8 Å². The Labute approximate surface area is 82.8 Å². The number of hydrogen-bond donors (Lipinski definition) is 2. The summed E-state index contributed by atoms with van der Waals surface area (Å²) >= 11 is 0. The number of benzene rings is 1. The predicted octanol–water partition coefficient (Wildman–Crippen LogP) is 0.776. The normalized spacial score (nSPS) is 8.93. The summed E-state index contributed by atoms with van der Waals surface area (Å²) in [5.74, 6) is 5.67. The first-order valence-electron chi connectivity index (χ1n) is 4.19. The SMILES string of the molecule is CNCC#Cc1ccc(C=O)c(O)c1. The van der Waals surface area contributed by atoms with Crippen molar-refractivity contribution >= 4 is 6.29 Å². The molecule has 0 atom stereocenters. The number of phenols is 1. The summed E-state index contributed by atoms with van der Waals surface area (Å²) in [6, 6.07) is 4.73. The molecule has 0 aliphatic rings. The molecule has 0 saturated heterocycles. The van der Waals surface area contributed by atoms with Crippen LogP contribution in [0.2, 0.25) is 0 Å². The van der Waals surface area contributed by atoms with Crippen molar-refractivity contribution in [1.29, 1.82) is 0 Å². The molecule has 0 spiro atoms. The lowest BCUT2D eigenvalue weighted by molar-refractivity contribution is 0.112. The molecular weight excluding hydrogens is 178 g/mol. The van der Waals surface area contributed by atoms with E-state index >= 15 is 0 Å². The number of nitrogens with one attached hydrogen (secondary N) is 1. The molecule has 0 aliphatic heterocycles. The second-order valence-corrected chi connectivity index (χ2v) is 2.72. The third-order valence-electron chi connectivity index (χ3n) is 1.66.